The third-order valence-electron chi connectivity index (χ3n) is 2.52. The molecule has 0 aliphatic rings. The number of rotatable bonds is 6. The molecule has 0 aliphatic heterocycles. The number of carbonyl (C=O) groups excluding carboxylic acids is 1. The first-order chi connectivity index (χ1) is 9.79. The van der Waals surface area contributed by atoms with E-state index in [1.807, 2.05) is 12.1 Å². The van der Waals surface area contributed by atoms with Crippen LogP contribution in [0.1, 0.15) is 15.9 Å². The molecule has 1 amide bonds. The van der Waals surface area contributed by atoms with E-state index >= 15 is 0 Å². The van der Waals surface area contributed by atoms with E-state index in [-0.39, 0.29) is 5.91 Å². The summed E-state index contributed by atoms with van der Waals surface area (Å²) in [6.07, 6.45) is 8.04. The summed E-state index contributed by atoms with van der Waals surface area (Å²) in [5, 5.41) is 5.73. The van der Waals surface area contributed by atoms with E-state index in [1.165, 1.54) is 12.4 Å². The third kappa shape index (κ3) is 3.88. The monoisotopic (exact) mass is 269 g/mol. The summed E-state index contributed by atoms with van der Waals surface area (Å²) in [6.45, 7) is 4.55. The summed E-state index contributed by atoms with van der Waals surface area (Å²) in [4.78, 5) is 23.8. The molecule has 20 heavy (non-hydrogen) atoms. The molecule has 6 nitrogen and oxygen atoms in total. The highest BCUT2D eigenvalue weighted by Gasteiger charge is 2.05. The molecule has 102 valence electrons. The Morgan fingerprint density at radius 3 is 2.60 bits per heavy atom. The summed E-state index contributed by atoms with van der Waals surface area (Å²) in [6, 6.07) is 3.81. The van der Waals surface area contributed by atoms with E-state index in [0.29, 0.717) is 24.6 Å². The number of hydrogen-bond donors (Lipinski definition) is 2. The molecule has 2 N–H and O–H groups in total. The maximum absolute atomic E-state index is 11.6. The average molecular weight is 269 g/mol. The summed E-state index contributed by atoms with van der Waals surface area (Å²) in [7, 11) is 0. The van der Waals surface area contributed by atoms with Gasteiger partial charge >= 0.3 is 0 Å². The van der Waals surface area contributed by atoms with Crippen LogP contribution in [0.25, 0.3) is 0 Å². The quantitative estimate of drug-likeness (QED) is 0.775. The van der Waals surface area contributed by atoms with Crippen LogP contribution in [0.4, 0.5) is 5.95 Å². The Kier molecular flexibility index (Phi) is 4.77. The van der Waals surface area contributed by atoms with Crippen molar-refractivity contribution in [3.8, 4) is 0 Å². The Labute approximate surface area is 117 Å². The highest BCUT2D eigenvalue weighted by molar-refractivity contribution is 5.93. The van der Waals surface area contributed by atoms with E-state index in [0.717, 1.165) is 5.56 Å². The van der Waals surface area contributed by atoms with Gasteiger partial charge in [-0.05, 0) is 17.7 Å². The van der Waals surface area contributed by atoms with Crippen molar-refractivity contribution < 1.29 is 4.79 Å². The first-order valence-electron chi connectivity index (χ1n) is 6.13. The average Bonchev–Trinajstić information content (AvgIpc) is 2.52. The van der Waals surface area contributed by atoms with Gasteiger partial charge in [-0.25, -0.2) is 9.97 Å². The van der Waals surface area contributed by atoms with Crippen LogP contribution in [0.3, 0.4) is 0 Å². The smallest absolute Gasteiger partial charge is 0.254 e. The Morgan fingerprint density at radius 2 is 1.95 bits per heavy atom. The van der Waals surface area contributed by atoms with Gasteiger partial charge in [0.1, 0.15) is 0 Å². The molecule has 2 rings (SSSR count). The molecule has 6 heteroatoms. The minimum atomic E-state index is -0.217. The molecule has 2 aromatic rings. The maximum Gasteiger partial charge on any atom is 0.254 e. The van der Waals surface area contributed by atoms with Crippen LogP contribution in [-0.4, -0.2) is 27.4 Å². The van der Waals surface area contributed by atoms with Gasteiger partial charge in [0.2, 0.25) is 5.95 Å². The van der Waals surface area contributed by atoms with Gasteiger partial charge in [-0.3, -0.25) is 9.78 Å². The minimum absolute atomic E-state index is 0.217. The summed E-state index contributed by atoms with van der Waals surface area (Å²) >= 11 is 0. The van der Waals surface area contributed by atoms with Gasteiger partial charge in [-0.2, -0.15) is 0 Å². The zero-order chi connectivity index (χ0) is 14.2. The lowest BCUT2D eigenvalue weighted by atomic mass is 10.3. The van der Waals surface area contributed by atoms with Crippen molar-refractivity contribution in [1.82, 2.24) is 20.3 Å². The predicted molar refractivity (Wildman–Crippen MR) is 76.1 cm³/mol. The van der Waals surface area contributed by atoms with Gasteiger partial charge in [-0.15, -0.1) is 6.58 Å². The van der Waals surface area contributed by atoms with Crippen molar-refractivity contribution >= 4 is 11.9 Å². The van der Waals surface area contributed by atoms with Crippen LogP contribution < -0.4 is 10.6 Å². The molecule has 0 radical (unpaired) electrons. The number of carbonyl (C=O) groups is 1. The normalized spacial score (nSPS) is 9.80. The number of nitrogens with one attached hydrogen (secondary N) is 2. The summed E-state index contributed by atoms with van der Waals surface area (Å²) in [5.41, 5.74) is 1.50. The van der Waals surface area contributed by atoms with Crippen LogP contribution in [0.2, 0.25) is 0 Å². The lowest BCUT2D eigenvalue weighted by Crippen LogP contribution is -2.23. The highest BCUT2D eigenvalue weighted by atomic mass is 16.1. The van der Waals surface area contributed by atoms with Crippen molar-refractivity contribution in [2.45, 2.75) is 6.54 Å². The first kappa shape index (κ1) is 13.7. The van der Waals surface area contributed by atoms with Crippen LogP contribution >= 0.6 is 0 Å². The second kappa shape index (κ2) is 6.98. The zero-order valence-corrected chi connectivity index (χ0v) is 10.9. The summed E-state index contributed by atoms with van der Waals surface area (Å²) < 4.78 is 0. The largest absolute Gasteiger partial charge is 0.350 e. The predicted octanol–water partition coefficient (Wildman–Crippen LogP) is 1.40. The first-order valence-corrected chi connectivity index (χ1v) is 6.13. The fraction of sp³-hybridized carbons (Fsp3) is 0.143. The maximum atomic E-state index is 11.6. The Balaban J connectivity index is 1.91. The van der Waals surface area contributed by atoms with Crippen LogP contribution in [0.15, 0.2) is 49.6 Å². The Hall–Kier alpha value is -2.76. The van der Waals surface area contributed by atoms with E-state index in [9.17, 15) is 4.79 Å². The number of hydrogen-bond acceptors (Lipinski definition) is 5. The molecule has 0 aliphatic carbocycles. The molecule has 0 saturated heterocycles. The van der Waals surface area contributed by atoms with Crippen molar-refractivity contribution in [2.24, 2.45) is 0 Å². The van der Waals surface area contributed by atoms with Crippen molar-refractivity contribution in [3.63, 3.8) is 0 Å². The molecule has 0 saturated carbocycles. The van der Waals surface area contributed by atoms with Gasteiger partial charge < -0.3 is 10.6 Å². The molecule has 0 spiro atoms. The third-order valence-corrected chi connectivity index (χ3v) is 2.52. The molecular weight excluding hydrogens is 254 g/mol. The minimum Gasteiger partial charge on any atom is -0.350 e. The molecule has 0 bridgehead atoms. The van der Waals surface area contributed by atoms with Gasteiger partial charge in [0, 0.05) is 37.9 Å². The van der Waals surface area contributed by atoms with Gasteiger partial charge in [0.25, 0.3) is 5.91 Å². The second-order valence-electron chi connectivity index (χ2n) is 4.00. The van der Waals surface area contributed by atoms with E-state index in [1.54, 1.807) is 18.5 Å². The fourth-order valence-electron chi connectivity index (χ4n) is 1.49. The number of anilines is 1. The highest BCUT2D eigenvalue weighted by Crippen LogP contribution is 2.03. The molecule has 0 fully saturated rings. The van der Waals surface area contributed by atoms with Gasteiger partial charge in [-0.1, -0.05) is 6.08 Å². The molecule has 0 atom stereocenters. The molecular formula is C14H15N5O. The van der Waals surface area contributed by atoms with Crippen molar-refractivity contribution in [3.05, 3.63) is 60.7 Å². The number of amides is 1. The second-order valence-corrected chi connectivity index (χ2v) is 4.00. The number of pyridine rings is 1. The summed E-state index contributed by atoms with van der Waals surface area (Å²) in [5.74, 6) is 0.257. The Morgan fingerprint density at radius 1 is 1.25 bits per heavy atom. The SMILES string of the molecule is C=CCNC(=O)c1cnc(NCc2ccncc2)nc1. The number of nitrogens with zero attached hydrogens (tertiary/aromatic N) is 3. The van der Waals surface area contributed by atoms with Crippen LogP contribution in [0.5, 0.6) is 0 Å². The standard InChI is InChI=1S/C14H15N5O/c1-2-5-16-13(20)12-9-18-14(19-10-12)17-8-11-3-6-15-7-4-11/h2-4,6-7,9-10H,1,5,8H2,(H,16,20)(H,17,18,19). The topological polar surface area (TPSA) is 79.8 Å². The molecule has 2 heterocycles. The van der Waals surface area contributed by atoms with E-state index in [4.69, 9.17) is 0 Å². The Bertz CT molecular complexity index is 568. The van der Waals surface area contributed by atoms with Crippen LogP contribution in [-0.2, 0) is 6.54 Å². The van der Waals surface area contributed by atoms with Crippen LogP contribution in [0, 0.1) is 0 Å². The lowest BCUT2D eigenvalue weighted by molar-refractivity contribution is 0.0957. The lowest BCUT2D eigenvalue weighted by Gasteiger charge is -2.05. The zero-order valence-electron chi connectivity index (χ0n) is 10.9. The number of aromatic nitrogens is 3. The van der Waals surface area contributed by atoms with Gasteiger partial charge in [0.05, 0.1) is 5.56 Å². The van der Waals surface area contributed by atoms with Crippen molar-refractivity contribution in [1.29, 1.82) is 0 Å². The van der Waals surface area contributed by atoms with E-state index < -0.39 is 0 Å². The fourth-order valence-corrected chi connectivity index (χ4v) is 1.49. The molecule has 0 unspecified atom stereocenters. The van der Waals surface area contributed by atoms with Crippen molar-refractivity contribution in [2.75, 3.05) is 11.9 Å². The van der Waals surface area contributed by atoms with Gasteiger partial charge in [0.15, 0.2) is 0 Å². The molecule has 2 aromatic heterocycles. The molecule has 0 aromatic carbocycles. The van der Waals surface area contributed by atoms with E-state index in [2.05, 4.69) is 32.2 Å².